The molecule has 4 rings (SSSR count). The zero-order chi connectivity index (χ0) is 20.4. The molecule has 2 aliphatic heterocycles. The number of benzene rings is 2. The number of rotatable bonds is 6. The van der Waals surface area contributed by atoms with Crippen molar-refractivity contribution in [2.45, 2.75) is 25.4 Å². The number of nitroso groups, excluding NO2 is 1. The lowest BCUT2D eigenvalue weighted by Crippen LogP contribution is -2.40. The van der Waals surface area contributed by atoms with Crippen LogP contribution in [0.5, 0.6) is 0 Å². The van der Waals surface area contributed by atoms with Gasteiger partial charge in [-0.05, 0) is 73.3 Å². The molecule has 1 atom stereocenters. The van der Waals surface area contributed by atoms with Crippen molar-refractivity contribution in [1.82, 2.24) is 9.80 Å². The second-order valence-electron chi connectivity index (χ2n) is 7.90. The average Bonchev–Trinajstić information content (AvgIpc) is 3.02. The highest BCUT2D eigenvalue weighted by Gasteiger charge is 2.31. The van der Waals surface area contributed by atoms with Crippen molar-refractivity contribution in [1.29, 1.82) is 0 Å². The molecule has 1 saturated heterocycles. The summed E-state index contributed by atoms with van der Waals surface area (Å²) in [4.78, 5) is 28.1. The van der Waals surface area contributed by atoms with Gasteiger partial charge in [-0.2, -0.15) is 4.91 Å². The maximum atomic E-state index is 13.1. The summed E-state index contributed by atoms with van der Waals surface area (Å²) in [7, 11) is 0. The summed E-state index contributed by atoms with van der Waals surface area (Å²) >= 11 is 3.47. The molecule has 152 valence electrons. The lowest BCUT2D eigenvalue weighted by Gasteiger charge is -2.34. The van der Waals surface area contributed by atoms with Gasteiger partial charge in [0.1, 0.15) is 11.9 Å². The van der Waals surface area contributed by atoms with Crippen molar-refractivity contribution in [2.24, 2.45) is 11.1 Å². The zero-order valence-corrected chi connectivity index (χ0v) is 17.6. The van der Waals surface area contributed by atoms with Crippen molar-refractivity contribution in [3.8, 4) is 0 Å². The number of amides is 1. The van der Waals surface area contributed by atoms with Gasteiger partial charge in [-0.3, -0.25) is 4.79 Å². The van der Waals surface area contributed by atoms with E-state index in [2.05, 4.69) is 26.0 Å². The van der Waals surface area contributed by atoms with Crippen LogP contribution in [0.15, 0.2) is 52.1 Å². The molecule has 0 spiro atoms. The molecule has 29 heavy (non-hydrogen) atoms. The first-order chi connectivity index (χ1) is 14.0. The molecule has 1 fully saturated rings. The van der Waals surface area contributed by atoms with E-state index >= 15 is 0 Å². The molecule has 0 aliphatic carbocycles. The Balaban J connectivity index is 1.29. The van der Waals surface area contributed by atoms with Crippen molar-refractivity contribution in [2.75, 3.05) is 26.2 Å². The number of halogens is 2. The van der Waals surface area contributed by atoms with E-state index in [-0.39, 0.29) is 11.7 Å². The van der Waals surface area contributed by atoms with Gasteiger partial charge in [-0.15, -0.1) is 0 Å². The lowest BCUT2D eigenvalue weighted by atomic mass is 9.95. The Morgan fingerprint density at radius 2 is 1.86 bits per heavy atom. The maximum Gasteiger partial charge on any atom is 0.254 e. The van der Waals surface area contributed by atoms with Crippen LogP contribution in [-0.4, -0.2) is 41.9 Å². The normalized spacial score (nSPS) is 18.7. The molecule has 0 radical (unpaired) electrons. The molecule has 2 aromatic carbocycles. The number of piperidine rings is 1. The molecule has 7 heteroatoms. The lowest BCUT2D eigenvalue weighted by molar-refractivity contribution is 0.0712. The second kappa shape index (κ2) is 8.71. The molecule has 2 aliphatic rings. The standard InChI is InChI=1S/C22H23BrFN3O2/c23-18-3-6-20-17(11-18)13-27(22(20)28)12-15-7-9-26(10-8-15)14-21(25-29)16-1-4-19(24)5-2-16/h1-6,11,15,21H,7-10,12-14H2. The van der Waals surface area contributed by atoms with Crippen LogP contribution in [0, 0.1) is 16.6 Å². The number of nitrogens with zero attached hydrogens (tertiary/aromatic N) is 3. The quantitative estimate of drug-likeness (QED) is 0.584. The Labute approximate surface area is 178 Å². The fraction of sp³-hybridized carbons (Fsp3) is 0.409. The Kier molecular flexibility index (Phi) is 6.06. The van der Waals surface area contributed by atoms with Crippen LogP contribution in [0.1, 0.15) is 40.4 Å². The molecule has 1 amide bonds. The van der Waals surface area contributed by atoms with Gasteiger partial charge in [-0.1, -0.05) is 33.2 Å². The minimum absolute atomic E-state index is 0.122. The molecule has 2 aromatic rings. The number of hydrogen-bond acceptors (Lipinski definition) is 4. The van der Waals surface area contributed by atoms with E-state index in [1.807, 2.05) is 23.1 Å². The highest BCUT2D eigenvalue weighted by atomic mass is 79.9. The minimum Gasteiger partial charge on any atom is -0.334 e. The summed E-state index contributed by atoms with van der Waals surface area (Å²) in [6.45, 7) is 3.74. The fourth-order valence-electron chi connectivity index (χ4n) is 4.29. The average molecular weight is 460 g/mol. The topological polar surface area (TPSA) is 53.0 Å². The first-order valence-electron chi connectivity index (χ1n) is 9.91. The van der Waals surface area contributed by atoms with Gasteiger partial charge in [0.05, 0.1) is 0 Å². The molecule has 0 saturated carbocycles. The number of carbonyl (C=O) groups excluding carboxylic acids is 1. The third-order valence-corrected chi connectivity index (χ3v) is 6.44. The van der Waals surface area contributed by atoms with Crippen LogP contribution in [0.25, 0.3) is 0 Å². The number of fused-ring (bicyclic) bond motifs is 1. The maximum absolute atomic E-state index is 13.1. The number of carbonyl (C=O) groups is 1. The number of hydrogen-bond donors (Lipinski definition) is 0. The fourth-order valence-corrected chi connectivity index (χ4v) is 4.70. The van der Waals surface area contributed by atoms with Crippen LogP contribution in [-0.2, 0) is 6.54 Å². The molecular weight excluding hydrogens is 437 g/mol. The molecule has 5 nitrogen and oxygen atoms in total. The van der Waals surface area contributed by atoms with Gasteiger partial charge in [0.25, 0.3) is 5.91 Å². The highest BCUT2D eigenvalue weighted by Crippen LogP contribution is 2.29. The van der Waals surface area contributed by atoms with Gasteiger partial charge in [0, 0.05) is 29.7 Å². The third kappa shape index (κ3) is 4.56. The van der Waals surface area contributed by atoms with Gasteiger partial charge in [0.15, 0.2) is 0 Å². The Morgan fingerprint density at radius 3 is 2.55 bits per heavy atom. The molecular formula is C22H23BrFN3O2. The van der Waals surface area contributed by atoms with Gasteiger partial charge in [-0.25, -0.2) is 4.39 Å². The summed E-state index contributed by atoms with van der Waals surface area (Å²) in [5.74, 6) is 0.267. The van der Waals surface area contributed by atoms with E-state index in [1.54, 1.807) is 12.1 Å². The summed E-state index contributed by atoms with van der Waals surface area (Å²) in [5, 5.41) is 3.25. The van der Waals surface area contributed by atoms with E-state index in [0.717, 1.165) is 53.6 Å². The van der Waals surface area contributed by atoms with E-state index in [4.69, 9.17) is 0 Å². The Hall–Kier alpha value is -2.12. The van der Waals surface area contributed by atoms with E-state index in [0.29, 0.717) is 19.0 Å². The van der Waals surface area contributed by atoms with Crippen molar-refractivity contribution >= 4 is 21.8 Å². The smallest absolute Gasteiger partial charge is 0.254 e. The largest absolute Gasteiger partial charge is 0.334 e. The summed E-state index contributed by atoms with van der Waals surface area (Å²) in [6, 6.07) is 11.3. The Morgan fingerprint density at radius 1 is 1.14 bits per heavy atom. The first kappa shape index (κ1) is 20.2. The first-order valence-corrected chi connectivity index (χ1v) is 10.7. The SMILES string of the molecule is O=NC(CN1CCC(CN2Cc3cc(Br)ccc3C2=O)CC1)c1ccc(F)cc1. The number of likely N-dealkylation sites (tertiary alicyclic amines) is 1. The van der Waals surface area contributed by atoms with Crippen LogP contribution in [0.4, 0.5) is 4.39 Å². The van der Waals surface area contributed by atoms with Crippen LogP contribution >= 0.6 is 15.9 Å². The third-order valence-electron chi connectivity index (χ3n) is 5.95. The van der Waals surface area contributed by atoms with Gasteiger partial charge >= 0.3 is 0 Å². The van der Waals surface area contributed by atoms with Gasteiger partial charge < -0.3 is 9.80 Å². The van der Waals surface area contributed by atoms with Gasteiger partial charge in [0.2, 0.25) is 0 Å². The van der Waals surface area contributed by atoms with Crippen LogP contribution in [0.2, 0.25) is 0 Å². The highest BCUT2D eigenvalue weighted by molar-refractivity contribution is 9.10. The monoisotopic (exact) mass is 459 g/mol. The van der Waals surface area contributed by atoms with E-state index in [1.165, 1.54) is 12.1 Å². The predicted octanol–water partition coefficient (Wildman–Crippen LogP) is 4.76. The molecule has 0 N–H and O–H groups in total. The van der Waals surface area contributed by atoms with Crippen LogP contribution in [0.3, 0.4) is 0 Å². The second-order valence-corrected chi connectivity index (χ2v) is 8.82. The van der Waals surface area contributed by atoms with Crippen molar-refractivity contribution in [3.63, 3.8) is 0 Å². The van der Waals surface area contributed by atoms with Crippen LogP contribution < -0.4 is 0 Å². The minimum atomic E-state index is -0.486. The van der Waals surface area contributed by atoms with E-state index in [9.17, 15) is 14.1 Å². The Bertz CT molecular complexity index is 897. The molecule has 2 heterocycles. The summed E-state index contributed by atoms with van der Waals surface area (Å²) in [6.07, 6.45) is 1.97. The molecule has 1 unspecified atom stereocenters. The van der Waals surface area contributed by atoms with Crippen molar-refractivity contribution < 1.29 is 9.18 Å². The summed E-state index contributed by atoms with van der Waals surface area (Å²) < 4.78 is 14.1. The van der Waals surface area contributed by atoms with Crippen molar-refractivity contribution in [3.05, 3.63) is 74.4 Å². The molecule has 0 aromatic heterocycles. The zero-order valence-electron chi connectivity index (χ0n) is 16.1. The van der Waals surface area contributed by atoms with E-state index < -0.39 is 6.04 Å². The predicted molar refractivity (Wildman–Crippen MR) is 113 cm³/mol. The summed E-state index contributed by atoms with van der Waals surface area (Å²) in [5.41, 5.74) is 2.64. The molecule has 0 bridgehead atoms.